The van der Waals surface area contributed by atoms with E-state index in [-0.39, 0.29) is 21.7 Å². The molecule has 2 heterocycles. The monoisotopic (exact) mass is 400 g/mol. The second kappa shape index (κ2) is 7.39. The summed E-state index contributed by atoms with van der Waals surface area (Å²) in [5.41, 5.74) is 1.75. The molecule has 0 radical (unpaired) electrons. The largest absolute Gasteiger partial charge is 0.419 e. The third-order valence-corrected chi connectivity index (χ3v) is 6.53. The summed E-state index contributed by atoms with van der Waals surface area (Å²) in [6.07, 6.45) is 3.04. The number of hydrogen-bond acceptors (Lipinski definition) is 5. The Labute approximate surface area is 163 Å². The maximum Gasteiger partial charge on any atom is 0.236 e. The average molecular weight is 400 g/mol. The van der Waals surface area contributed by atoms with E-state index in [1.54, 1.807) is 0 Å². The number of halogens is 1. The molecule has 1 aliphatic rings. The standard InChI is InChI=1S/C21H21FN2O3S/c1-15-6-5-7-16(14-15)19-23-20(21(27-19)24-12-3-2-4-13-24)28(25,26)18-10-8-17(22)9-11-18/h5-11,14H,2-4,12-13H2,1H3. The number of oxazole rings is 1. The second-order valence-corrected chi connectivity index (χ2v) is 8.87. The Morgan fingerprint density at radius 3 is 2.43 bits per heavy atom. The Balaban J connectivity index is 1.85. The Kier molecular flexibility index (Phi) is 4.93. The number of rotatable bonds is 4. The molecule has 0 spiro atoms. The van der Waals surface area contributed by atoms with E-state index < -0.39 is 15.7 Å². The lowest BCUT2D eigenvalue weighted by Crippen LogP contribution is -2.30. The highest BCUT2D eigenvalue weighted by molar-refractivity contribution is 7.91. The number of piperidine rings is 1. The van der Waals surface area contributed by atoms with E-state index >= 15 is 0 Å². The van der Waals surface area contributed by atoms with Crippen LogP contribution < -0.4 is 4.90 Å². The number of benzene rings is 2. The molecule has 0 aliphatic carbocycles. The van der Waals surface area contributed by atoms with Gasteiger partial charge in [0.1, 0.15) is 5.82 Å². The molecule has 146 valence electrons. The van der Waals surface area contributed by atoms with Crippen molar-refractivity contribution in [3.63, 3.8) is 0 Å². The van der Waals surface area contributed by atoms with Gasteiger partial charge in [0.25, 0.3) is 0 Å². The molecule has 0 bridgehead atoms. The molecule has 4 rings (SSSR count). The smallest absolute Gasteiger partial charge is 0.236 e. The quantitative estimate of drug-likeness (QED) is 0.599. The van der Waals surface area contributed by atoms with Crippen molar-refractivity contribution in [1.29, 1.82) is 0 Å². The van der Waals surface area contributed by atoms with Gasteiger partial charge in [0.05, 0.1) is 4.90 Å². The zero-order chi connectivity index (χ0) is 19.7. The Morgan fingerprint density at radius 1 is 1.04 bits per heavy atom. The highest BCUT2D eigenvalue weighted by Gasteiger charge is 2.32. The summed E-state index contributed by atoms with van der Waals surface area (Å²) in [6, 6.07) is 12.4. The normalized spacial score (nSPS) is 15.0. The van der Waals surface area contributed by atoms with Crippen LogP contribution in [0.15, 0.2) is 62.9 Å². The van der Waals surface area contributed by atoms with Crippen LogP contribution in [0.2, 0.25) is 0 Å². The highest BCUT2D eigenvalue weighted by Crippen LogP contribution is 2.36. The van der Waals surface area contributed by atoms with Crippen LogP contribution >= 0.6 is 0 Å². The van der Waals surface area contributed by atoms with Gasteiger partial charge in [-0.3, -0.25) is 0 Å². The van der Waals surface area contributed by atoms with E-state index in [0.717, 1.165) is 42.5 Å². The van der Waals surface area contributed by atoms with Crippen LogP contribution in [0.3, 0.4) is 0 Å². The molecule has 0 saturated carbocycles. The van der Waals surface area contributed by atoms with Crippen molar-refractivity contribution >= 4 is 15.7 Å². The molecule has 28 heavy (non-hydrogen) atoms. The van der Waals surface area contributed by atoms with Crippen molar-refractivity contribution < 1.29 is 17.2 Å². The van der Waals surface area contributed by atoms with Gasteiger partial charge in [-0.25, -0.2) is 12.8 Å². The van der Waals surface area contributed by atoms with Crippen LogP contribution in [0.5, 0.6) is 0 Å². The van der Waals surface area contributed by atoms with Crippen molar-refractivity contribution in [2.75, 3.05) is 18.0 Å². The molecule has 1 aliphatic heterocycles. The van der Waals surface area contributed by atoms with Gasteiger partial charge in [-0.05, 0) is 62.6 Å². The van der Waals surface area contributed by atoms with Crippen LogP contribution in [0, 0.1) is 12.7 Å². The molecule has 2 aromatic carbocycles. The lowest BCUT2D eigenvalue weighted by molar-refractivity contribution is 0.499. The van der Waals surface area contributed by atoms with E-state index in [4.69, 9.17) is 4.42 Å². The number of nitrogens with zero attached hydrogens (tertiary/aromatic N) is 2. The number of hydrogen-bond donors (Lipinski definition) is 0. The minimum absolute atomic E-state index is 0.00347. The van der Waals surface area contributed by atoms with E-state index in [0.29, 0.717) is 13.1 Å². The van der Waals surface area contributed by atoms with Crippen molar-refractivity contribution in [2.45, 2.75) is 36.1 Å². The molecule has 0 amide bonds. The van der Waals surface area contributed by atoms with Crippen molar-refractivity contribution in [1.82, 2.24) is 4.98 Å². The summed E-state index contributed by atoms with van der Waals surface area (Å²) < 4.78 is 45.8. The van der Waals surface area contributed by atoms with Gasteiger partial charge < -0.3 is 9.32 Å². The molecule has 7 heteroatoms. The summed E-state index contributed by atoms with van der Waals surface area (Å²) in [6.45, 7) is 3.39. The van der Waals surface area contributed by atoms with Crippen molar-refractivity contribution in [3.05, 3.63) is 59.9 Å². The first-order chi connectivity index (χ1) is 13.4. The topological polar surface area (TPSA) is 63.4 Å². The molecule has 3 aromatic rings. The maximum atomic E-state index is 13.3. The molecule has 0 N–H and O–H groups in total. The third kappa shape index (κ3) is 3.54. The summed E-state index contributed by atoms with van der Waals surface area (Å²) in [5.74, 6) is 0.0429. The molecule has 1 aromatic heterocycles. The first kappa shape index (κ1) is 18.7. The van der Waals surface area contributed by atoms with E-state index in [2.05, 4.69) is 4.98 Å². The van der Waals surface area contributed by atoms with E-state index in [9.17, 15) is 12.8 Å². The zero-order valence-electron chi connectivity index (χ0n) is 15.6. The predicted molar refractivity (Wildman–Crippen MR) is 105 cm³/mol. The number of anilines is 1. The summed E-state index contributed by atoms with van der Waals surface area (Å²) in [4.78, 5) is 6.31. The van der Waals surface area contributed by atoms with Gasteiger partial charge in [-0.1, -0.05) is 17.7 Å². The molecular weight excluding hydrogens is 379 g/mol. The molecule has 1 fully saturated rings. The van der Waals surface area contributed by atoms with Crippen LogP contribution in [0.25, 0.3) is 11.5 Å². The van der Waals surface area contributed by atoms with Gasteiger partial charge in [0.15, 0.2) is 0 Å². The molecular formula is C21H21FN2O3S. The van der Waals surface area contributed by atoms with Gasteiger partial charge in [-0.2, -0.15) is 4.98 Å². The summed E-state index contributed by atoms with van der Waals surface area (Å²) in [5, 5.41) is -0.113. The highest BCUT2D eigenvalue weighted by atomic mass is 32.2. The fraction of sp³-hybridized carbons (Fsp3) is 0.286. The Hall–Kier alpha value is -2.67. The molecule has 1 saturated heterocycles. The zero-order valence-corrected chi connectivity index (χ0v) is 16.4. The van der Waals surface area contributed by atoms with Crippen LogP contribution in [0.1, 0.15) is 24.8 Å². The first-order valence-corrected chi connectivity index (χ1v) is 10.8. The summed E-state index contributed by atoms with van der Waals surface area (Å²) >= 11 is 0. The average Bonchev–Trinajstić information content (AvgIpc) is 3.15. The molecule has 5 nitrogen and oxygen atoms in total. The lowest BCUT2D eigenvalue weighted by atomic mass is 10.1. The lowest BCUT2D eigenvalue weighted by Gasteiger charge is -2.26. The predicted octanol–water partition coefficient (Wildman–Crippen LogP) is 4.61. The Bertz CT molecular complexity index is 1090. The SMILES string of the molecule is Cc1cccc(-c2nc(S(=O)(=O)c3ccc(F)cc3)c(N3CCCCC3)o2)c1. The first-order valence-electron chi connectivity index (χ1n) is 9.28. The van der Waals surface area contributed by atoms with Crippen LogP contribution in [-0.4, -0.2) is 26.5 Å². The maximum absolute atomic E-state index is 13.3. The van der Waals surface area contributed by atoms with Crippen molar-refractivity contribution in [2.24, 2.45) is 0 Å². The number of aromatic nitrogens is 1. The van der Waals surface area contributed by atoms with E-state index in [1.165, 1.54) is 12.1 Å². The van der Waals surface area contributed by atoms with Gasteiger partial charge in [-0.15, -0.1) is 0 Å². The van der Waals surface area contributed by atoms with E-state index in [1.807, 2.05) is 36.1 Å². The van der Waals surface area contributed by atoms with Crippen molar-refractivity contribution in [3.8, 4) is 11.5 Å². The summed E-state index contributed by atoms with van der Waals surface area (Å²) in [7, 11) is -3.95. The second-order valence-electron chi connectivity index (χ2n) is 7.00. The minimum atomic E-state index is -3.95. The fourth-order valence-corrected chi connectivity index (χ4v) is 4.72. The molecule has 0 unspecified atom stereocenters. The van der Waals surface area contributed by atoms with Gasteiger partial charge in [0, 0.05) is 18.7 Å². The van der Waals surface area contributed by atoms with Gasteiger partial charge in [0.2, 0.25) is 26.6 Å². The number of sulfone groups is 1. The van der Waals surface area contributed by atoms with Crippen LogP contribution in [0.4, 0.5) is 10.3 Å². The minimum Gasteiger partial charge on any atom is -0.419 e. The fourth-order valence-electron chi connectivity index (χ4n) is 3.40. The van der Waals surface area contributed by atoms with Gasteiger partial charge >= 0.3 is 0 Å². The third-order valence-electron chi connectivity index (χ3n) is 4.87. The number of aryl methyl sites for hydroxylation is 1. The molecule has 0 atom stereocenters. The van der Waals surface area contributed by atoms with Crippen LogP contribution in [-0.2, 0) is 9.84 Å². The Morgan fingerprint density at radius 2 is 1.75 bits per heavy atom.